The Kier molecular flexibility index (Phi) is 3.24. The van der Waals surface area contributed by atoms with Crippen molar-refractivity contribution >= 4 is 0 Å². The van der Waals surface area contributed by atoms with Crippen LogP contribution in [0.1, 0.15) is 37.9 Å². The number of ether oxygens (including phenoxy) is 1. The molecular weight excluding hydrogens is 186 g/mol. The molecule has 1 aliphatic heterocycles. The summed E-state index contributed by atoms with van der Waals surface area (Å²) in [5.74, 6) is 1.86. The smallest absolute Gasteiger partial charge is 0.144 e. The summed E-state index contributed by atoms with van der Waals surface area (Å²) in [6, 6.07) is 2.10. The van der Waals surface area contributed by atoms with Gasteiger partial charge in [0, 0.05) is 12.6 Å². The van der Waals surface area contributed by atoms with Crippen molar-refractivity contribution in [3.05, 3.63) is 23.5 Å². The Morgan fingerprint density at radius 1 is 1.47 bits per heavy atom. The molecule has 0 N–H and O–H groups in total. The van der Waals surface area contributed by atoms with Crippen molar-refractivity contribution in [2.24, 2.45) is 5.92 Å². The lowest BCUT2D eigenvalue weighted by molar-refractivity contribution is 0.352. The first-order valence-corrected chi connectivity index (χ1v) is 5.87. The van der Waals surface area contributed by atoms with Gasteiger partial charge in [-0.1, -0.05) is 20.3 Å². The molecule has 0 aromatic carbocycles. The van der Waals surface area contributed by atoms with Crippen LogP contribution in [0.4, 0.5) is 0 Å². The highest BCUT2D eigenvalue weighted by Crippen LogP contribution is 2.28. The third-order valence-electron chi connectivity index (χ3n) is 2.87. The second-order valence-corrected chi connectivity index (χ2v) is 4.63. The largest absolute Gasteiger partial charge is 0.491 e. The van der Waals surface area contributed by atoms with Gasteiger partial charge in [0.25, 0.3) is 0 Å². The van der Waals surface area contributed by atoms with Crippen LogP contribution in [0.5, 0.6) is 5.75 Å². The molecule has 1 aromatic heterocycles. The van der Waals surface area contributed by atoms with E-state index in [1.54, 1.807) is 0 Å². The molecule has 82 valence electrons. The lowest BCUT2D eigenvalue weighted by Crippen LogP contribution is -1.95. The molecule has 0 atom stereocenters. The first-order chi connectivity index (χ1) is 7.27. The van der Waals surface area contributed by atoms with Gasteiger partial charge in [-0.15, -0.1) is 0 Å². The summed E-state index contributed by atoms with van der Waals surface area (Å²) < 4.78 is 5.62. The fraction of sp³-hybridized carbons (Fsp3) is 0.615. The van der Waals surface area contributed by atoms with Gasteiger partial charge < -0.3 is 4.74 Å². The molecule has 2 rings (SSSR count). The second kappa shape index (κ2) is 4.65. The average molecular weight is 205 g/mol. The molecule has 0 saturated carbocycles. The van der Waals surface area contributed by atoms with Gasteiger partial charge in [-0.05, 0) is 30.4 Å². The van der Waals surface area contributed by atoms with E-state index < -0.39 is 0 Å². The Hall–Kier alpha value is -1.05. The molecule has 1 aromatic rings. The number of nitrogens with zero attached hydrogens (tertiary/aromatic N) is 1. The van der Waals surface area contributed by atoms with Crippen LogP contribution in [0.2, 0.25) is 0 Å². The van der Waals surface area contributed by atoms with E-state index in [-0.39, 0.29) is 0 Å². The number of aryl methyl sites for hydroxylation is 1. The monoisotopic (exact) mass is 205 g/mol. The fourth-order valence-corrected chi connectivity index (χ4v) is 2.04. The maximum Gasteiger partial charge on any atom is 0.144 e. The van der Waals surface area contributed by atoms with Crippen LogP contribution in [0, 0.1) is 5.92 Å². The molecule has 0 spiro atoms. The maximum atomic E-state index is 5.62. The highest BCUT2D eigenvalue weighted by molar-refractivity contribution is 5.39. The normalized spacial score (nSPS) is 14.1. The topological polar surface area (TPSA) is 22.1 Å². The zero-order chi connectivity index (χ0) is 10.7. The van der Waals surface area contributed by atoms with Crippen molar-refractivity contribution < 1.29 is 4.74 Å². The molecule has 0 amide bonds. The molecule has 0 aliphatic carbocycles. The van der Waals surface area contributed by atoms with Crippen molar-refractivity contribution in [2.45, 2.75) is 39.5 Å². The molecule has 0 unspecified atom stereocenters. The first kappa shape index (κ1) is 10.5. The summed E-state index contributed by atoms with van der Waals surface area (Å²) in [5.41, 5.74) is 2.50. The van der Waals surface area contributed by atoms with Gasteiger partial charge in [0.15, 0.2) is 0 Å². The third-order valence-corrected chi connectivity index (χ3v) is 2.87. The lowest BCUT2D eigenvalue weighted by Gasteiger charge is -2.08. The summed E-state index contributed by atoms with van der Waals surface area (Å²) in [7, 11) is 0. The van der Waals surface area contributed by atoms with Crippen LogP contribution in [-0.2, 0) is 12.8 Å². The predicted octanol–water partition coefficient (Wildman–Crippen LogP) is 3.00. The lowest BCUT2D eigenvalue weighted by atomic mass is 10.0. The van der Waals surface area contributed by atoms with Crippen LogP contribution >= 0.6 is 0 Å². The van der Waals surface area contributed by atoms with Crippen molar-refractivity contribution in [2.75, 3.05) is 6.61 Å². The van der Waals surface area contributed by atoms with Crippen molar-refractivity contribution in [3.8, 4) is 5.75 Å². The fourth-order valence-electron chi connectivity index (χ4n) is 2.04. The Balaban J connectivity index is 2.00. The number of aromatic nitrogens is 1. The highest BCUT2D eigenvalue weighted by Gasteiger charge is 2.16. The summed E-state index contributed by atoms with van der Waals surface area (Å²) in [4.78, 5) is 4.34. The van der Waals surface area contributed by atoms with E-state index in [1.165, 1.54) is 18.4 Å². The first-order valence-electron chi connectivity index (χ1n) is 5.87. The van der Waals surface area contributed by atoms with E-state index in [9.17, 15) is 0 Å². The zero-order valence-electron chi connectivity index (χ0n) is 9.62. The number of fused-ring (bicyclic) bond motifs is 1. The molecule has 2 nitrogen and oxygen atoms in total. The third kappa shape index (κ3) is 2.49. The van der Waals surface area contributed by atoms with Gasteiger partial charge in [-0.3, -0.25) is 4.98 Å². The minimum atomic E-state index is 0.792. The molecule has 0 bridgehead atoms. The molecular formula is C13H19NO. The number of hydrogen-bond acceptors (Lipinski definition) is 2. The number of rotatable bonds is 4. The molecule has 0 fully saturated rings. The quantitative estimate of drug-likeness (QED) is 0.754. The Morgan fingerprint density at radius 2 is 2.33 bits per heavy atom. The second-order valence-electron chi connectivity index (χ2n) is 4.63. The van der Waals surface area contributed by atoms with Crippen LogP contribution < -0.4 is 4.74 Å². The predicted molar refractivity (Wildman–Crippen MR) is 61.2 cm³/mol. The van der Waals surface area contributed by atoms with Crippen LogP contribution in [0.25, 0.3) is 0 Å². The van der Waals surface area contributed by atoms with Crippen LogP contribution in [-0.4, -0.2) is 11.6 Å². The van der Waals surface area contributed by atoms with Crippen LogP contribution in [0.3, 0.4) is 0 Å². The van der Waals surface area contributed by atoms with E-state index in [0.717, 1.165) is 36.8 Å². The van der Waals surface area contributed by atoms with Gasteiger partial charge in [0.1, 0.15) is 5.75 Å². The number of pyridine rings is 1. The molecule has 2 heterocycles. The molecule has 2 heteroatoms. The van der Waals surface area contributed by atoms with Gasteiger partial charge in [0.05, 0.1) is 12.3 Å². The van der Waals surface area contributed by atoms with Crippen molar-refractivity contribution in [1.82, 2.24) is 4.98 Å². The minimum Gasteiger partial charge on any atom is -0.491 e. The summed E-state index contributed by atoms with van der Waals surface area (Å²) >= 11 is 0. The van der Waals surface area contributed by atoms with E-state index in [2.05, 4.69) is 24.9 Å². The molecule has 15 heavy (non-hydrogen) atoms. The molecule has 0 radical (unpaired) electrons. The van der Waals surface area contributed by atoms with Gasteiger partial charge in [0.2, 0.25) is 0 Å². The Labute approximate surface area is 91.7 Å². The maximum absolute atomic E-state index is 5.62. The van der Waals surface area contributed by atoms with Crippen LogP contribution in [0.15, 0.2) is 12.3 Å². The molecule has 1 aliphatic rings. The van der Waals surface area contributed by atoms with Gasteiger partial charge in [-0.2, -0.15) is 0 Å². The van der Waals surface area contributed by atoms with E-state index >= 15 is 0 Å². The summed E-state index contributed by atoms with van der Waals surface area (Å²) in [6.45, 7) is 5.35. The summed E-state index contributed by atoms with van der Waals surface area (Å²) in [6.07, 6.45) is 6.56. The van der Waals surface area contributed by atoms with Crippen molar-refractivity contribution in [3.63, 3.8) is 0 Å². The molecule has 0 saturated heterocycles. The minimum absolute atomic E-state index is 0.792. The Bertz CT molecular complexity index is 333. The zero-order valence-corrected chi connectivity index (χ0v) is 9.62. The average Bonchev–Trinajstić information content (AvgIpc) is 2.65. The highest BCUT2D eigenvalue weighted by atomic mass is 16.5. The van der Waals surface area contributed by atoms with E-state index in [0.29, 0.717) is 0 Å². The van der Waals surface area contributed by atoms with E-state index in [4.69, 9.17) is 4.74 Å². The van der Waals surface area contributed by atoms with E-state index in [1.807, 2.05) is 6.20 Å². The van der Waals surface area contributed by atoms with Crippen molar-refractivity contribution in [1.29, 1.82) is 0 Å². The SMILES string of the molecule is CC(C)CCCc1ccnc2c1OCC2. The number of hydrogen-bond donors (Lipinski definition) is 0. The van der Waals surface area contributed by atoms with Gasteiger partial charge >= 0.3 is 0 Å². The summed E-state index contributed by atoms with van der Waals surface area (Å²) in [5, 5.41) is 0. The Morgan fingerprint density at radius 3 is 3.13 bits per heavy atom. The van der Waals surface area contributed by atoms with Gasteiger partial charge in [-0.25, -0.2) is 0 Å². The standard InChI is InChI=1S/C13H19NO/c1-10(2)4-3-5-11-6-8-14-12-7-9-15-13(11)12/h6,8,10H,3-5,7,9H2,1-2H3.